The van der Waals surface area contributed by atoms with Gasteiger partial charge in [-0.05, 0) is 48.0 Å². The maximum atomic E-state index is 13.7. The van der Waals surface area contributed by atoms with E-state index < -0.39 is 11.5 Å². The minimum Gasteiger partial charge on any atom is -0.493 e. The van der Waals surface area contributed by atoms with Crippen LogP contribution in [0.15, 0.2) is 91.3 Å². The number of fused-ring (bicyclic) bond motifs is 1. The molecular formula is C29H26N2O5. The van der Waals surface area contributed by atoms with Gasteiger partial charge in [-0.25, -0.2) is 0 Å². The average molecular weight is 483 g/mol. The number of carbonyl (C=O) groups is 2. The molecule has 36 heavy (non-hydrogen) atoms. The Labute approximate surface area is 209 Å². The smallest absolute Gasteiger partial charge is 0.264 e. The van der Waals surface area contributed by atoms with Gasteiger partial charge in [-0.3, -0.25) is 9.59 Å². The molecule has 3 aromatic carbocycles. The number of ketones is 1. The molecule has 0 saturated carbocycles. The van der Waals surface area contributed by atoms with E-state index in [1.54, 1.807) is 62.8 Å². The number of methoxy groups -OCH3 is 2. The highest BCUT2D eigenvalue weighted by Crippen LogP contribution is 2.44. The second-order valence-electron chi connectivity index (χ2n) is 8.70. The van der Waals surface area contributed by atoms with Gasteiger partial charge in [-0.2, -0.15) is 0 Å². The van der Waals surface area contributed by atoms with E-state index in [1.807, 2.05) is 47.3 Å². The highest BCUT2D eigenvalue weighted by molar-refractivity contribution is 6.10. The number of aliphatic hydroxyl groups is 1. The lowest BCUT2D eigenvalue weighted by Gasteiger charge is -2.23. The summed E-state index contributed by atoms with van der Waals surface area (Å²) in [5.41, 5.74) is 1.09. The predicted molar refractivity (Wildman–Crippen MR) is 136 cm³/mol. The Bertz CT molecular complexity index is 1430. The summed E-state index contributed by atoms with van der Waals surface area (Å²) in [6.07, 6.45) is 3.42. The first-order chi connectivity index (χ1) is 17.4. The minimum absolute atomic E-state index is 0.204. The number of nitrogens with zero attached hydrogens (tertiary/aromatic N) is 2. The molecule has 1 unspecified atom stereocenters. The Hall–Kier alpha value is -4.36. The van der Waals surface area contributed by atoms with Crippen molar-refractivity contribution in [2.24, 2.45) is 0 Å². The van der Waals surface area contributed by atoms with E-state index in [1.165, 1.54) is 4.90 Å². The maximum Gasteiger partial charge on any atom is 0.264 e. The van der Waals surface area contributed by atoms with Gasteiger partial charge in [0.05, 0.1) is 32.9 Å². The lowest BCUT2D eigenvalue weighted by atomic mass is 9.88. The van der Waals surface area contributed by atoms with Gasteiger partial charge in [0.15, 0.2) is 22.9 Å². The second kappa shape index (κ2) is 9.36. The number of amides is 1. The van der Waals surface area contributed by atoms with Gasteiger partial charge in [0.1, 0.15) is 0 Å². The van der Waals surface area contributed by atoms with Crippen molar-refractivity contribution < 1.29 is 24.2 Å². The molecule has 1 aromatic heterocycles. The summed E-state index contributed by atoms with van der Waals surface area (Å²) in [5.74, 6) is 0.276. The molecule has 0 fully saturated rings. The van der Waals surface area contributed by atoms with Gasteiger partial charge in [-0.15, -0.1) is 0 Å². The number of carbonyl (C=O) groups excluding carboxylic acids is 2. The first kappa shape index (κ1) is 23.4. The van der Waals surface area contributed by atoms with Crippen LogP contribution >= 0.6 is 0 Å². The fourth-order valence-corrected chi connectivity index (χ4v) is 4.68. The van der Waals surface area contributed by atoms with E-state index >= 15 is 0 Å². The number of hydrogen-bond acceptors (Lipinski definition) is 5. The highest BCUT2D eigenvalue weighted by atomic mass is 16.5. The monoisotopic (exact) mass is 482 g/mol. The lowest BCUT2D eigenvalue weighted by molar-refractivity contribution is -0.136. The molecule has 182 valence electrons. The summed E-state index contributed by atoms with van der Waals surface area (Å²) in [6, 6.07) is 23.4. The van der Waals surface area contributed by atoms with Gasteiger partial charge in [-0.1, -0.05) is 36.4 Å². The van der Waals surface area contributed by atoms with Crippen molar-refractivity contribution in [1.29, 1.82) is 0 Å². The van der Waals surface area contributed by atoms with Crippen LogP contribution in [-0.4, -0.2) is 35.6 Å². The number of aromatic nitrogens is 1. The number of Topliss-reactive ketones (excluding diaryl/α,β-unsaturated/α-hetero) is 1. The fourth-order valence-electron chi connectivity index (χ4n) is 4.68. The first-order valence-corrected chi connectivity index (χ1v) is 11.6. The van der Waals surface area contributed by atoms with Crippen LogP contribution in [0.2, 0.25) is 0 Å². The van der Waals surface area contributed by atoms with E-state index in [4.69, 9.17) is 9.47 Å². The average Bonchev–Trinajstić information content (AvgIpc) is 3.52. The Balaban J connectivity index is 1.44. The molecule has 4 aromatic rings. The molecule has 2 heterocycles. The zero-order valence-electron chi connectivity index (χ0n) is 20.0. The van der Waals surface area contributed by atoms with Gasteiger partial charge >= 0.3 is 0 Å². The first-order valence-electron chi connectivity index (χ1n) is 11.6. The summed E-state index contributed by atoms with van der Waals surface area (Å²) >= 11 is 0. The summed E-state index contributed by atoms with van der Waals surface area (Å²) in [6.45, 7) is 0.204. The molecule has 1 N–H and O–H groups in total. The summed E-state index contributed by atoms with van der Waals surface area (Å²) in [5, 5.41) is 11.7. The number of anilines is 1. The third-order valence-corrected chi connectivity index (χ3v) is 6.52. The van der Waals surface area contributed by atoms with Crippen LogP contribution in [0.25, 0.3) is 5.69 Å². The van der Waals surface area contributed by atoms with E-state index in [-0.39, 0.29) is 18.7 Å². The topological polar surface area (TPSA) is 81.0 Å². The van der Waals surface area contributed by atoms with E-state index in [0.717, 1.165) is 11.3 Å². The Kier molecular flexibility index (Phi) is 6.08. The molecule has 7 heteroatoms. The number of benzene rings is 3. The summed E-state index contributed by atoms with van der Waals surface area (Å²) < 4.78 is 12.6. The molecule has 1 aliphatic rings. The molecule has 1 amide bonds. The van der Waals surface area contributed by atoms with Gasteiger partial charge in [0.2, 0.25) is 0 Å². The van der Waals surface area contributed by atoms with Crippen LogP contribution in [0.4, 0.5) is 5.69 Å². The third-order valence-electron chi connectivity index (χ3n) is 6.52. The number of ether oxygens (including phenoxy) is 2. The maximum absolute atomic E-state index is 13.7. The zero-order chi connectivity index (χ0) is 25.3. The van der Waals surface area contributed by atoms with Gasteiger partial charge < -0.3 is 24.0 Å². The van der Waals surface area contributed by atoms with Crippen molar-refractivity contribution in [3.05, 3.63) is 108 Å². The van der Waals surface area contributed by atoms with Gasteiger partial charge in [0.25, 0.3) is 5.91 Å². The molecule has 0 bridgehead atoms. The standard InChI is InChI=1S/C29H26N2O5/c1-35-26-13-12-20(16-27(26)36-2)19-31-24-11-4-3-10-23(24)29(34,28(31)33)18-25(32)21-8-7-9-22(17-21)30-14-5-6-15-30/h3-17,34H,18-19H2,1-2H3. The quantitative estimate of drug-likeness (QED) is 0.374. The van der Waals surface area contributed by atoms with Crippen molar-refractivity contribution in [2.75, 3.05) is 19.1 Å². The number of para-hydroxylation sites is 1. The molecule has 7 nitrogen and oxygen atoms in total. The van der Waals surface area contributed by atoms with Crippen LogP contribution in [0, 0.1) is 0 Å². The second-order valence-corrected chi connectivity index (χ2v) is 8.70. The molecular weight excluding hydrogens is 456 g/mol. The van der Waals surface area contributed by atoms with Gasteiger partial charge in [0, 0.05) is 29.2 Å². The van der Waals surface area contributed by atoms with E-state index in [2.05, 4.69) is 0 Å². The Morgan fingerprint density at radius 3 is 2.39 bits per heavy atom. The van der Waals surface area contributed by atoms with Crippen LogP contribution in [0.1, 0.15) is 27.9 Å². The minimum atomic E-state index is -1.96. The zero-order valence-corrected chi connectivity index (χ0v) is 20.0. The van der Waals surface area contributed by atoms with Crippen LogP contribution in [0.3, 0.4) is 0 Å². The van der Waals surface area contributed by atoms with Crippen molar-refractivity contribution in [3.8, 4) is 17.2 Å². The van der Waals surface area contributed by atoms with E-state index in [9.17, 15) is 14.7 Å². The number of rotatable bonds is 8. The molecule has 0 aliphatic carbocycles. The van der Waals surface area contributed by atoms with E-state index in [0.29, 0.717) is 28.3 Å². The van der Waals surface area contributed by atoms with Crippen LogP contribution < -0.4 is 14.4 Å². The molecule has 0 radical (unpaired) electrons. The fraction of sp³-hybridized carbons (Fsp3) is 0.172. The van der Waals surface area contributed by atoms with Crippen molar-refractivity contribution in [1.82, 2.24) is 4.57 Å². The highest BCUT2D eigenvalue weighted by Gasteiger charge is 2.50. The summed E-state index contributed by atoms with van der Waals surface area (Å²) in [7, 11) is 3.11. The van der Waals surface area contributed by atoms with Crippen molar-refractivity contribution >= 4 is 17.4 Å². The lowest BCUT2D eigenvalue weighted by Crippen LogP contribution is -2.41. The van der Waals surface area contributed by atoms with Crippen molar-refractivity contribution in [2.45, 2.75) is 18.6 Å². The van der Waals surface area contributed by atoms with Crippen LogP contribution in [0.5, 0.6) is 11.5 Å². The number of hydrogen-bond donors (Lipinski definition) is 1. The largest absolute Gasteiger partial charge is 0.493 e. The molecule has 1 aliphatic heterocycles. The molecule has 0 spiro atoms. The third kappa shape index (κ3) is 4.03. The molecule has 0 saturated heterocycles. The molecule has 5 rings (SSSR count). The van der Waals surface area contributed by atoms with Crippen molar-refractivity contribution in [3.63, 3.8) is 0 Å². The normalized spacial score (nSPS) is 16.6. The Morgan fingerprint density at radius 2 is 1.64 bits per heavy atom. The SMILES string of the molecule is COc1ccc(CN2C(=O)C(O)(CC(=O)c3cccc(-n4cccc4)c3)c3ccccc32)cc1OC. The van der Waals surface area contributed by atoms with Crippen LogP contribution in [-0.2, 0) is 16.9 Å². The summed E-state index contributed by atoms with van der Waals surface area (Å²) in [4.78, 5) is 28.5. The predicted octanol–water partition coefficient (Wildman–Crippen LogP) is 4.50. The molecule has 1 atom stereocenters. The Morgan fingerprint density at radius 1 is 0.889 bits per heavy atom.